The predicted molar refractivity (Wildman–Crippen MR) is 142 cm³/mol. The van der Waals surface area contributed by atoms with Gasteiger partial charge < -0.3 is 26.0 Å². The molecule has 1 aromatic heterocycles. The third-order valence-corrected chi connectivity index (χ3v) is 6.03. The molecule has 2 heterocycles. The molecule has 0 saturated carbocycles. The minimum absolute atomic E-state index is 0.105. The number of hydrogen-bond acceptors (Lipinski definition) is 7. The number of ether oxygens (including phenoxy) is 1. The molecule has 1 aliphatic rings. The molecule has 0 bridgehead atoms. The third kappa shape index (κ3) is 8.09. The van der Waals surface area contributed by atoms with Crippen molar-refractivity contribution in [3.05, 3.63) is 90.0 Å². The largest absolute Gasteiger partial charge is 0.491 e. The van der Waals surface area contributed by atoms with Gasteiger partial charge in [-0.2, -0.15) is 0 Å². The molecule has 0 spiro atoms. The number of amides is 4. The van der Waals surface area contributed by atoms with E-state index in [0.29, 0.717) is 17.9 Å². The van der Waals surface area contributed by atoms with E-state index in [2.05, 4.69) is 31.2 Å². The van der Waals surface area contributed by atoms with E-state index in [-0.39, 0.29) is 44.0 Å². The highest BCUT2D eigenvalue weighted by atomic mass is 16.5. The summed E-state index contributed by atoms with van der Waals surface area (Å²) in [5.74, 6) is -1.74. The van der Waals surface area contributed by atoms with Crippen molar-refractivity contribution in [3.63, 3.8) is 0 Å². The van der Waals surface area contributed by atoms with Crippen LogP contribution in [0.25, 0.3) is 0 Å². The minimum Gasteiger partial charge on any atom is -0.491 e. The van der Waals surface area contributed by atoms with Crippen molar-refractivity contribution in [3.8, 4) is 5.75 Å². The second-order valence-corrected chi connectivity index (χ2v) is 8.91. The first-order chi connectivity index (χ1) is 19.0. The summed E-state index contributed by atoms with van der Waals surface area (Å²) in [4.78, 5) is 60.5. The Kier molecular flexibility index (Phi) is 9.54. The van der Waals surface area contributed by atoms with Gasteiger partial charge in [-0.3, -0.25) is 29.1 Å². The zero-order valence-electron chi connectivity index (χ0n) is 21.3. The number of rotatable bonds is 6. The molecule has 0 saturated heterocycles. The number of benzene rings is 2. The van der Waals surface area contributed by atoms with E-state index in [1.165, 1.54) is 0 Å². The number of para-hydroxylation sites is 1. The van der Waals surface area contributed by atoms with Gasteiger partial charge in [-0.25, -0.2) is 0 Å². The van der Waals surface area contributed by atoms with Crippen LogP contribution in [0, 0.1) is 0 Å². The van der Waals surface area contributed by atoms with Gasteiger partial charge in [0.2, 0.25) is 17.7 Å². The molecular weight excluding hydrogens is 500 g/mol. The first-order valence-corrected chi connectivity index (χ1v) is 12.7. The topological polar surface area (TPSA) is 151 Å². The summed E-state index contributed by atoms with van der Waals surface area (Å²) in [7, 11) is 0. The van der Waals surface area contributed by atoms with Gasteiger partial charge in [0.1, 0.15) is 24.4 Å². The van der Waals surface area contributed by atoms with E-state index in [4.69, 9.17) is 4.74 Å². The second kappa shape index (κ2) is 13.7. The van der Waals surface area contributed by atoms with Crippen molar-refractivity contribution >= 4 is 23.6 Å². The van der Waals surface area contributed by atoms with Crippen LogP contribution in [-0.2, 0) is 27.2 Å². The van der Waals surface area contributed by atoms with Crippen LogP contribution in [0.1, 0.15) is 28.0 Å². The van der Waals surface area contributed by atoms with Gasteiger partial charge in [0.05, 0.1) is 24.2 Å². The van der Waals surface area contributed by atoms with Gasteiger partial charge in [-0.15, -0.1) is 0 Å². The normalized spacial score (nSPS) is 18.3. The molecule has 2 aromatic carbocycles. The highest BCUT2D eigenvalue weighted by molar-refractivity contribution is 6.01. The highest BCUT2D eigenvalue weighted by Gasteiger charge is 2.28. The predicted octanol–water partition coefficient (Wildman–Crippen LogP) is 0.560. The summed E-state index contributed by atoms with van der Waals surface area (Å²) in [6.07, 6.45) is 5.01. The first-order valence-electron chi connectivity index (χ1n) is 12.7. The Bertz CT molecular complexity index is 1290. The van der Waals surface area contributed by atoms with E-state index < -0.39 is 29.8 Å². The lowest BCUT2D eigenvalue weighted by molar-refractivity contribution is -0.131. The van der Waals surface area contributed by atoms with Gasteiger partial charge in [0, 0.05) is 38.0 Å². The van der Waals surface area contributed by atoms with Crippen LogP contribution >= 0.6 is 0 Å². The van der Waals surface area contributed by atoms with Crippen molar-refractivity contribution in [2.45, 2.75) is 31.3 Å². The van der Waals surface area contributed by atoms with Crippen LogP contribution in [0.4, 0.5) is 0 Å². The molecule has 39 heavy (non-hydrogen) atoms. The number of aromatic nitrogens is 2. The maximum atomic E-state index is 13.2. The Morgan fingerprint density at radius 3 is 2.59 bits per heavy atom. The van der Waals surface area contributed by atoms with E-state index in [1.54, 1.807) is 42.9 Å². The molecule has 202 valence electrons. The Morgan fingerprint density at radius 1 is 1.00 bits per heavy atom. The molecule has 4 N–H and O–H groups in total. The maximum absolute atomic E-state index is 13.2. The molecule has 0 radical (unpaired) electrons. The van der Waals surface area contributed by atoms with Crippen LogP contribution in [-0.4, -0.2) is 65.4 Å². The minimum atomic E-state index is -1.20. The molecule has 11 heteroatoms. The zero-order chi connectivity index (χ0) is 27.5. The summed E-state index contributed by atoms with van der Waals surface area (Å²) in [5.41, 5.74) is 1.75. The summed E-state index contributed by atoms with van der Waals surface area (Å²) < 4.78 is 5.76. The van der Waals surface area contributed by atoms with Crippen LogP contribution in [0.5, 0.6) is 5.75 Å². The van der Waals surface area contributed by atoms with Gasteiger partial charge >= 0.3 is 0 Å². The van der Waals surface area contributed by atoms with Gasteiger partial charge in [0.15, 0.2) is 0 Å². The summed E-state index contributed by atoms with van der Waals surface area (Å²) in [5, 5.41) is 10.9. The molecule has 4 amide bonds. The Balaban J connectivity index is 1.53. The molecule has 0 fully saturated rings. The van der Waals surface area contributed by atoms with Gasteiger partial charge in [-0.1, -0.05) is 42.5 Å². The lowest BCUT2D eigenvalue weighted by atomic mass is 10.0. The molecule has 4 rings (SSSR count). The molecule has 0 aliphatic carbocycles. The molecule has 0 unspecified atom stereocenters. The fourth-order valence-corrected chi connectivity index (χ4v) is 4.08. The van der Waals surface area contributed by atoms with E-state index >= 15 is 0 Å². The quantitative estimate of drug-likeness (QED) is 0.364. The lowest BCUT2D eigenvalue weighted by Crippen LogP contribution is -2.53. The number of hydrogen-bond donors (Lipinski definition) is 4. The molecule has 11 nitrogen and oxygen atoms in total. The lowest BCUT2D eigenvalue weighted by Gasteiger charge is -2.23. The molecular formula is C28H30N6O5. The monoisotopic (exact) mass is 530 g/mol. The Morgan fingerprint density at radius 2 is 1.79 bits per heavy atom. The van der Waals surface area contributed by atoms with Crippen LogP contribution < -0.4 is 26.0 Å². The number of nitrogens with one attached hydrogen (secondary N) is 4. The van der Waals surface area contributed by atoms with Crippen LogP contribution in [0.2, 0.25) is 0 Å². The van der Waals surface area contributed by atoms with Crippen LogP contribution in [0.3, 0.4) is 0 Å². The SMILES string of the molecule is O=C1C[C@@H](C(=O)NCCc2cnccn2)NC(=O)c2ccccc2OCCNC(=O)[C@H](Cc2ccccc2)N1. The Hall–Kier alpha value is -4.80. The fraction of sp³-hybridized carbons (Fsp3) is 0.286. The van der Waals surface area contributed by atoms with Gasteiger partial charge in [-0.05, 0) is 17.7 Å². The van der Waals surface area contributed by atoms with Crippen molar-refractivity contribution in [1.29, 1.82) is 0 Å². The number of carbonyl (C=O) groups excluding carboxylic acids is 4. The molecule has 2 atom stereocenters. The fourth-order valence-electron chi connectivity index (χ4n) is 4.08. The number of fused-ring (bicyclic) bond motifs is 1. The number of nitrogens with zero attached hydrogens (tertiary/aromatic N) is 2. The maximum Gasteiger partial charge on any atom is 0.255 e. The average molecular weight is 531 g/mol. The molecule has 3 aromatic rings. The van der Waals surface area contributed by atoms with Crippen molar-refractivity contribution in [2.75, 3.05) is 19.7 Å². The zero-order valence-corrected chi connectivity index (χ0v) is 21.3. The standard InChI is InChI=1S/C28H30N6O5/c35-25-17-23(28(38)31-11-10-20-18-29-12-13-30-20)34-26(36)21-8-4-5-9-24(21)39-15-14-32-27(37)22(33-25)16-19-6-2-1-3-7-19/h1-9,12-13,18,22-23H,10-11,14-17H2,(H,31,38)(H,32,37)(H,33,35)(H,34,36)/t22-,23-/m0/s1. The van der Waals surface area contributed by atoms with Crippen molar-refractivity contribution in [1.82, 2.24) is 31.2 Å². The van der Waals surface area contributed by atoms with Crippen molar-refractivity contribution in [2.24, 2.45) is 0 Å². The second-order valence-electron chi connectivity index (χ2n) is 8.91. The molecule has 1 aliphatic heterocycles. The third-order valence-electron chi connectivity index (χ3n) is 6.03. The average Bonchev–Trinajstić information content (AvgIpc) is 2.95. The van der Waals surface area contributed by atoms with Crippen molar-refractivity contribution < 1.29 is 23.9 Å². The van der Waals surface area contributed by atoms with E-state index in [1.807, 2.05) is 30.3 Å². The van der Waals surface area contributed by atoms with Gasteiger partial charge in [0.25, 0.3) is 5.91 Å². The summed E-state index contributed by atoms with van der Waals surface area (Å²) >= 11 is 0. The Labute approximate surface area is 225 Å². The summed E-state index contributed by atoms with van der Waals surface area (Å²) in [6, 6.07) is 13.8. The highest BCUT2D eigenvalue weighted by Crippen LogP contribution is 2.18. The first kappa shape index (κ1) is 27.2. The van der Waals surface area contributed by atoms with Crippen LogP contribution in [0.15, 0.2) is 73.2 Å². The smallest absolute Gasteiger partial charge is 0.255 e. The van der Waals surface area contributed by atoms with E-state index in [0.717, 1.165) is 5.56 Å². The summed E-state index contributed by atoms with van der Waals surface area (Å²) in [6.45, 7) is 0.505. The number of carbonyl (C=O) groups is 4. The van der Waals surface area contributed by atoms with E-state index in [9.17, 15) is 19.2 Å².